The molecule has 1 rings (SSSR count). The van der Waals surface area contributed by atoms with Crippen molar-refractivity contribution < 1.29 is 9.13 Å². The topological polar surface area (TPSA) is 48.1 Å². The van der Waals surface area contributed by atoms with E-state index in [0.29, 0.717) is 0 Å². The van der Waals surface area contributed by atoms with Crippen LogP contribution in [0.5, 0.6) is 5.75 Å². The van der Waals surface area contributed by atoms with E-state index >= 15 is 0 Å². The standard InChI is InChI=1S/C6H7FN2O/c1-10-6-4(7)2-9-3-5(6)8/h2-3H,8H2,1H3. The molecule has 0 fully saturated rings. The van der Waals surface area contributed by atoms with Gasteiger partial charge in [-0.15, -0.1) is 0 Å². The Hall–Kier alpha value is -1.32. The van der Waals surface area contributed by atoms with Gasteiger partial charge in [0.1, 0.15) is 0 Å². The molecule has 0 saturated heterocycles. The summed E-state index contributed by atoms with van der Waals surface area (Å²) in [5.74, 6) is -0.488. The van der Waals surface area contributed by atoms with Crippen LogP contribution in [0.4, 0.5) is 10.1 Å². The summed E-state index contributed by atoms with van der Waals surface area (Å²) >= 11 is 0. The third-order valence-electron chi connectivity index (χ3n) is 1.08. The maximum absolute atomic E-state index is 12.6. The van der Waals surface area contributed by atoms with Crippen molar-refractivity contribution in [2.75, 3.05) is 12.8 Å². The lowest BCUT2D eigenvalue weighted by molar-refractivity contribution is 0.387. The number of nitrogen functional groups attached to an aromatic ring is 1. The van der Waals surface area contributed by atoms with E-state index in [1.165, 1.54) is 13.3 Å². The molecule has 1 heterocycles. The van der Waals surface area contributed by atoms with Gasteiger partial charge in [0.05, 0.1) is 25.2 Å². The second kappa shape index (κ2) is 2.51. The molecule has 0 aliphatic carbocycles. The number of ether oxygens (including phenoxy) is 1. The minimum atomic E-state index is -0.539. The number of pyridine rings is 1. The lowest BCUT2D eigenvalue weighted by Crippen LogP contribution is -1.95. The molecule has 0 atom stereocenters. The van der Waals surface area contributed by atoms with Crippen LogP contribution in [0.15, 0.2) is 12.4 Å². The minimum absolute atomic E-state index is 0.0509. The highest BCUT2D eigenvalue weighted by Crippen LogP contribution is 2.21. The molecular formula is C6H7FN2O. The third kappa shape index (κ3) is 1.00. The van der Waals surface area contributed by atoms with Crippen LogP contribution < -0.4 is 10.5 Å². The highest BCUT2D eigenvalue weighted by Gasteiger charge is 2.04. The summed E-state index contributed by atoms with van der Waals surface area (Å²) in [7, 11) is 1.36. The minimum Gasteiger partial charge on any atom is -0.491 e. The first-order valence-electron chi connectivity index (χ1n) is 2.68. The Morgan fingerprint density at radius 3 is 2.70 bits per heavy atom. The molecule has 0 aliphatic rings. The van der Waals surface area contributed by atoms with Gasteiger partial charge in [-0.3, -0.25) is 4.98 Å². The number of nitrogens with zero attached hydrogens (tertiary/aromatic N) is 1. The van der Waals surface area contributed by atoms with Crippen LogP contribution in [0.3, 0.4) is 0 Å². The van der Waals surface area contributed by atoms with Crippen molar-refractivity contribution in [3.05, 3.63) is 18.2 Å². The second-order valence-electron chi connectivity index (χ2n) is 1.74. The Morgan fingerprint density at radius 2 is 2.30 bits per heavy atom. The molecule has 0 radical (unpaired) electrons. The van der Waals surface area contributed by atoms with Gasteiger partial charge in [0.25, 0.3) is 0 Å². The maximum atomic E-state index is 12.6. The van der Waals surface area contributed by atoms with Crippen LogP contribution in [0.1, 0.15) is 0 Å². The van der Waals surface area contributed by atoms with Gasteiger partial charge in [0.2, 0.25) is 0 Å². The summed E-state index contributed by atoms with van der Waals surface area (Å²) in [5, 5.41) is 0. The van der Waals surface area contributed by atoms with Gasteiger partial charge in [0, 0.05) is 0 Å². The van der Waals surface area contributed by atoms with E-state index in [1.54, 1.807) is 0 Å². The summed E-state index contributed by atoms with van der Waals surface area (Å²) in [6.45, 7) is 0. The molecule has 1 aromatic heterocycles. The third-order valence-corrected chi connectivity index (χ3v) is 1.08. The van der Waals surface area contributed by atoms with Gasteiger partial charge in [-0.1, -0.05) is 0 Å². The van der Waals surface area contributed by atoms with E-state index in [-0.39, 0.29) is 11.4 Å². The normalized spacial score (nSPS) is 9.40. The van der Waals surface area contributed by atoms with Crippen LogP contribution in [0.25, 0.3) is 0 Å². The van der Waals surface area contributed by atoms with E-state index < -0.39 is 5.82 Å². The highest BCUT2D eigenvalue weighted by atomic mass is 19.1. The molecule has 0 unspecified atom stereocenters. The zero-order chi connectivity index (χ0) is 7.56. The summed E-state index contributed by atoms with van der Waals surface area (Å²) in [4.78, 5) is 3.51. The Morgan fingerprint density at radius 1 is 1.60 bits per heavy atom. The predicted octanol–water partition coefficient (Wildman–Crippen LogP) is 0.811. The largest absolute Gasteiger partial charge is 0.491 e. The van der Waals surface area contributed by atoms with Gasteiger partial charge < -0.3 is 10.5 Å². The number of hydrogen-bond acceptors (Lipinski definition) is 3. The molecule has 54 valence electrons. The van der Waals surface area contributed by atoms with Crippen molar-refractivity contribution in [1.82, 2.24) is 4.98 Å². The zero-order valence-corrected chi connectivity index (χ0v) is 5.47. The second-order valence-corrected chi connectivity index (χ2v) is 1.74. The Labute approximate surface area is 57.6 Å². The first kappa shape index (κ1) is 6.80. The Bertz CT molecular complexity index is 219. The maximum Gasteiger partial charge on any atom is 0.185 e. The average Bonchev–Trinajstić information content (AvgIpc) is 1.88. The lowest BCUT2D eigenvalue weighted by Gasteiger charge is -2.02. The predicted molar refractivity (Wildman–Crippen MR) is 35.2 cm³/mol. The molecule has 4 heteroatoms. The van der Waals surface area contributed by atoms with Gasteiger partial charge >= 0.3 is 0 Å². The quantitative estimate of drug-likeness (QED) is 0.631. The zero-order valence-electron chi connectivity index (χ0n) is 5.47. The van der Waals surface area contributed by atoms with Crippen LogP contribution in [0, 0.1) is 5.82 Å². The fraction of sp³-hybridized carbons (Fsp3) is 0.167. The number of anilines is 1. The number of methoxy groups -OCH3 is 1. The van der Waals surface area contributed by atoms with E-state index in [9.17, 15) is 4.39 Å². The van der Waals surface area contributed by atoms with E-state index in [1.807, 2.05) is 0 Å². The number of aromatic nitrogens is 1. The van der Waals surface area contributed by atoms with Gasteiger partial charge in [-0.05, 0) is 0 Å². The van der Waals surface area contributed by atoms with Crippen molar-refractivity contribution in [2.45, 2.75) is 0 Å². The summed E-state index contributed by atoms with van der Waals surface area (Å²) < 4.78 is 17.2. The highest BCUT2D eigenvalue weighted by molar-refractivity contribution is 5.50. The van der Waals surface area contributed by atoms with E-state index in [0.717, 1.165) is 6.20 Å². The molecule has 0 bridgehead atoms. The fourth-order valence-electron chi connectivity index (χ4n) is 0.654. The van der Waals surface area contributed by atoms with Crippen molar-refractivity contribution >= 4 is 5.69 Å². The molecule has 0 spiro atoms. The van der Waals surface area contributed by atoms with Crippen molar-refractivity contribution in [1.29, 1.82) is 0 Å². The SMILES string of the molecule is COc1c(N)cncc1F. The van der Waals surface area contributed by atoms with E-state index in [4.69, 9.17) is 5.73 Å². The molecule has 2 N–H and O–H groups in total. The van der Waals surface area contributed by atoms with Crippen LogP contribution in [-0.4, -0.2) is 12.1 Å². The average molecular weight is 142 g/mol. The Balaban J connectivity index is 3.17. The molecule has 0 aromatic carbocycles. The molecule has 0 aliphatic heterocycles. The van der Waals surface area contributed by atoms with Crippen molar-refractivity contribution in [3.63, 3.8) is 0 Å². The number of halogens is 1. The first-order chi connectivity index (χ1) is 4.75. The summed E-state index contributed by atoms with van der Waals surface area (Å²) in [6, 6.07) is 0. The van der Waals surface area contributed by atoms with E-state index in [2.05, 4.69) is 9.72 Å². The Kier molecular flexibility index (Phi) is 1.71. The first-order valence-corrected chi connectivity index (χ1v) is 2.68. The smallest absolute Gasteiger partial charge is 0.185 e. The molecule has 0 saturated carbocycles. The van der Waals surface area contributed by atoms with Gasteiger partial charge in [-0.2, -0.15) is 0 Å². The van der Waals surface area contributed by atoms with Crippen LogP contribution in [-0.2, 0) is 0 Å². The van der Waals surface area contributed by atoms with Gasteiger partial charge in [-0.25, -0.2) is 4.39 Å². The lowest BCUT2D eigenvalue weighted by atomic mass is 10.4. The number of hydrogen-bond donors (Lipinski definition) is 1. The van der Waals surface area contributed by atoms with Gasteiger partial charge in [0.15, 0.2) is 11.6 Å². The number of nitrogens with two attached hydrogens (primary N) is 1. The summed E-state index contributed by atoms with van der Waals surface area (Å²) in [5.41, 5.74) is 5.52. The molecule has 3 nitrogen and oxygen atoms in total. The molecule has 1 aromatic rings. The summed E-state index contributed by atoms with van der Waals surface area (Å²) in [6.07, 6.45) is 2.39. The van der Waals surface area contributed by atoms with Crippen LogP contribution >= 0.6 is 0 Å². The molecule has 10 heavy (non-hydrogen) atoms. The van der Waals surface area contributed by atoms with Crippen LogP contribution in [0.2, 0.25) is 0 Å². The van der Waals surface area contributed by atoms with Crippen molar-refractivity contribution in [2.24, 2.45) is 0 Å². The monoisotopic (exact) mass is 142 g/mol. The fourth-order valence-corrected chi connectivity index (χ4v) is 0.654. The van der Waals surface area contributed by atoms with Crippen molar-refractivity contribution in [3.8, 4) is 5.75 Å². The number of rotatable bonds is 1. The molecule has 0 amide bonds. The molecular weight excluding hydrogens is 135 g/mol.